The summed E-state index contributed by atoms with van der Waals surface area (Å²) < 4.78 is 58.8. The molecule has 2 aromatic carbocycles. The highest BCUT2D eigenvalue weighted by molar-refractivity contribution is 5.98. The molecule has 10 heteroatoms. The summed E-state index contributed by atoms with van der Waals surface area (Å²) in [6, 6.07) is 6.27. The molecule has 1 atom stereocenters. The van der Waals surface area contributed by atoms with E-state index in [0.717, 1.165) is 18.2 Å². The van der Waals surface area contributed by atoms with Gasteiger partial charge in [-0.1, -0.05) is 6.07 Å². The van der Waals surface area contributed by atoms with Crippen LogP contribution in [0.2, 0.25) is 0 Å². The Morgan fingerprint density at radius 1 is 1.29 bits per heavy atom. The van der Waals surface area contributed by atoms with Crippen LogP contribution in [0.25, 0.3) is 10.9 Å². The van der Waals surface area contributed by atoms with Gasteiger partial charge in [-0.3, -0.25) is 4.79 Å². The number of pyridine rings is 1. The number of nitrogens with zero attached hydrogens (tertiary/aromatic N) is 2. The number of nitrogen functional groups attached to an aromatic ring is 1. The van der Waals surface area contributed by atoms with Gasteiger partial charge in [-0.05, 0) is 24.3 Å². The van der Waals surface area contributed by atoms with Gasteiger partial charge in [0.15, 0.2) is 0 Å². The van der Waals surface area contributed by atoms with E-state index in [1.807, 2.05) is 0 Å². The molecule has 0 saturated carbocycles. The SMILES string of the molecule is CN(C(=O)c1cc2cc(CO)c(N)nc2cc1F)C1COc2cc(C(F)(F)F)ccc21. The Morgan fingerprint density at radius 3 is 2.71 bits per heavy atom. The number of likely N-dealkylation sites (N-methyl/N-ethyl adjacent to an activating group) is 1. The number of benzene rings is 2. The van der Waals surface area contributed by atoms with E-state index < -0.39 is 29.5 Å². The van der Waals surface area contributed by atoms with Crippen LogP contribution in [0.4, 0.5) is 23.4 Å². The van der Waals surface area contributed by atoms with Crippen LogP contribution in [0, 0.1) is 5.82 Å². The topological polar surface area (TPSA) is 88.7 Å². The lowest BCUT2D eigenvalue weighted by molar-refractivity contribution is -0.137. The van der Waals surface area contributed by atoms with Gasteiger partial charge in [0, 0.05) is 29.6 Å². The molecule has 0 bridgehead atoms. The average Bonchev–Trinajstić information content (AvgIpc) is 3.14. The minimum atomic E-state index is -4.52. The molecule has 0 fully saturated rings. The van der Waals surface area contributed by atoms with Crippen LogP contribution in [0.1, 0.15) is 33.1 Å². The molecule has 3 aromatic rings. The molecule has 1 amide bonds. The van der Waals surface area contributed by atoms with Crippen molar-refractivity contribution in [3.63, 3.8) is 0 Å². The third kappa shape index (κ3) is 3.63. The zero-order chi connectivity index (χ0) is 22.5. The average molecular weight is 435 g/mol. The summed E-state index contributed by atoms with van der Waals surface area (Å²) in [5, 5.41) is 9.76. The van der Waals surface area contributed by atoms with Crippen LogP contribution in [-0.2, 0) is 12.8 Å². The van der Waals surface area contributed by atoms with Gasteiger partial charge in [0.1, 0.15) is 24.0 Å². The minimum absolute atomic E-state index is 0.0331. The maximum atomic E-state index is 14.7. The monoisotopic (exact) mass is 435 g/mol. The normalized spacial score (nSPS) is 15.6. The lowest BCUT2D eigenvalue weighted by atomic mass is 10.0. The van der Waals surface area contributed by atoms with Crippen molar-refractivity contribution in [3.8, 4) is 5.75 Å². The van der Waals surface area contributed by atoms with Crippen LogP contribution in [-0.4, -0.2) is 34.6 Å². The van der Waals surface area contributed by atoms with Gasteiger partial charge >= 0.3 is 6.18 Å². The molecule has 1 unspecified atom stereocenters. The Morgan fingerprint density at radius 2 is 2.03 bits per heavy atom. The van der Waals surface area contributed by atoms with Crippen molar-refractivity contribution in [2.75, 3.05) is 19.4 Å². The summed E-state index contributed by atoms with van der Waals surface area (Å²) in [6.45, 7) is -0.424. The molecule has 2 heterocycles. The number of alkyl halides is 3. The van der Waals surface area contributed by atoms with Gasteiger partial charge in [0.05, 0.1) is 29.3 Å². The van der Waals surface area contributed by atoms with Crippen molar-refractivity contribution in [2.45, 2.75) is 18.8 Å². The highest BCUT2D eigenvalue weighted by atomic mass is 19.4. The molecule has 3 N–H and O–H groups in total. The third-order valence-corrected chi connectivity index (χ3v) is 5.30. The van der Waals surface area contributed by atoms with Crippen molar-refractivity contribution < 1.29 is 32.2 Å². The first-order valence-corrected chi connectivity index (χ1v) is 9.20. The van der Waals surface area contributed by atoms with Crippen molar-refractivity contribution >= 4 is 22.6 Å². The molecule has 31 heavy (non-hydrogen) atoms. The standard InChI is InChI=1S/C21H17F4N3O3/c1-28(17-9-31-18-6-12(21(23,24)25)2-3-13(17)18)20(30)14-5-10-4-11(8-29)19(26)27-16(10)7-15(14)22/h2-7,17,29H,8-9H2,1H3,(H2,26,27). The van der Waals surface area contributed by atoms with Gasteiger partial charge in [0.2, 0.25) is 0 Å². The third-order valence-electron chi connectivity index (χ3n) is 5.30. The molecule has 0 spiro atoms. The van der Waals surface area contributed by atoms with Crippen molar-refractivity contribution in [1.82, 2.24) is 9.88 Å². The summed E-state index contributed by atoms with van der Waals surface area (Å²) in [5.41, 5.74) is 5.57. The molecule has 1 aromatic heterocycles. The van der Waals surface area contributed by atoms with Gasteiger partial charge in [-0.15, -0.1) is 0 Å². The van der Waals surface area contributed by atoms with E-state index in [1.165, 1.54) is 30.1 Å². The second-order valence-corrected chi connectivity index (χ2v) is 7.21. The summed E-state index contributed by atoms with van der Waals surface area (Å²) in [6.07, 6.45) is -4.52. The maximum Gasteiger partial charge on any atom is 0.416 e. The van der Waals surface area contributed by atoms with E-state index in [-0.39, 0.29) is 35.9 Å². The van der Waals surface area contributed by atoms with Gasteiger partial charge < -0.3 is 20.5 Å². The van der Waals surface area contributed by atoms with Crippen LogP contribution >= 0.6 is 0 Å². The first-order chi connectivity index (χ1) is 14.6. The second-order valence-electron chi connectivity index (χ2n) is 7.21. The number of nitrogens with two attached hydrogens (primary N) is 1. The van der Waals surface area contributed by atoms with Crippen LogP contribution in [0.5, 0.6) is 5.75 Å². The summed E-state index contributed by atoms with van der Waals surface area (Å²) >= 11 is 0. The van der Waals surface area contributed by atoms with E-state index in [4.69, 9.17) is 10.5 Å². The van der Waals surface area contributed by atoms with Gasteiger partial charge in [0.25, 0.3) is 5.91 Å². The Balaban J connectivity index is 1.67. The van der Waals surface area contributed by atoms with Crippen molar-refractivity contribution in [3.05, 3.63) is 64.5 Å². The summed E-state index contributed by atoms with van der Waals surface area (Å²) in [4.78, 5) is 18.3. The summed E-state index contributed by atoms with van der Waals surface area (Å²) in [7, 11) is 1.42. The van der Waals surface area contributed by atoms with E-state index >= 15 is 0 Å². The number of halogens is 4. The Kier molecular flexibility index (Phi) is 4.97. The molecule has 162 valence electrons. The number of carbonyl (C=O) groups is 1. The predicted molar refractivity (Wildman–Crippen MR) is 104 cm³/mol. The predicted octanol–water partition coefficient (Wildman–Crippen LogP) is 3.67. The lowest BCUT2D eigenvalue weighted by Crippen LogP contribution is -2.32. The van der Waals surface area contributed by atoms with E-state index in [0.29, 0.717) is 16.5 Å². The number of anilines is 1. The number of fused-ring (bicyclic) bond motifs is 2. The molecule has 0 radical (unpaired) electrons. The highest BCUT2D eigenvalue weighted by Crippen LogP contribution is 2.40. The molecule has 4 rings (SSSR count). The van der Waals surface area contributed by atoms with Crippen LogP contribution in [0.15, 0.2) is 36.4 Å². The molecule has 6 nitrogen and oxygen atoms in total. The van der Waals surface area contributed by atoms with Crippen molar-refractivity contribution in [2.24, 2.45) is 0 Å². The smallest absolute Gasteiger partial charge is 0.416 e. The van der Waals surface area contributed by atoms with Crippen LogP contribution in [0.3, 0.4) is 0 Å². The highest BCUT2D eigenvalue weighted by Gasteiger charge is 2.36. The Hall–Kier alpha value is -3.40. The van der Waals surface area contributed by atoms with E-state index in [9.17, 15) is 27.5 Å². The quantitative estimate of drug-likeness (QED) is 0.613. The Bertz CT molecular complexity index is 1200. The minimum Gasteiger partial charge on any atom is -0.491 e. The number of rotatable bonds is 3. The number of aliphatic hydroxyl groups is 1. The molecular weight excluding hydrogens is 418 g/mol. The number of aliphatic hydroxyl groups excluding tert-OH is 1. The second kappa shape index (κ2) is 7.38. The fourth-order valence-electron chi connectivity index (χ4n) is 3.57. The molecule has 0 saturated heterocycles. The number of aromatic nitrogens is 1. The molecule has 1 aliphatic rings. The molecule has 1 aliphatic heterocycles. The van der Waals surface area contributed by atoms with Crippen molar-refractivity contribution in [1.29, 1.82) is 0 Å². The van der Waals surface area contributed by atoms with Gasteiger partial charge in [-0.2, -0.15) is 13.2 Å². The van der Waals surface area contributed by atoms with Gasteiger partial charge in [-0.25, -0.2) is 9.37 Å². The lowest BCUT2D eigenvalue weighted by Gasteiger charge is -2.24. The number of hydrogen-bond donors (Lipinski definition) is 2. The van der Waals surface area contributed by atoms with E-state index in [2.05, 4.69) is 4.98 Å². The summed E-state index contributed by atoms with van der Waals surface area (Å²) in [5.74, 6) is -1.41. The number of amides is 1. The number of hydrogen-bond acceptors (Lipinski definition) is 5. The maximum absolute atomic E-state index is 14.7. The van der Waals surface area contributed by atoms with Crippen LogP contribution < -0.4 is 10.5 Å². The first-order valence-electron chi connectivity index (χ1n) is 9.20. The first kappa shape index (κ1) is 20.9. The Labute approximate surface area is 173 Å². The largest absolute Gasteiger partial charge is 0.491 e. The zero-order valence-electron chi connectivity index (χ0n) is 16.2. The fraction of sp³-hybridized carbons (Fsp3) is 0.238. The fourth-order valence-corrected chi connectivity index (χ4v) is 3.57. The molecule has 0 aliphatic carbocycles. The van der Waals surface area contributed by atoms with E-state index in [1.54, 1.807) is 0 Å². The number of ether oxygens (including phenoxy) is 1. The zero-order valence-corrected chi connectivity index (χ0v) is 16.2. The number of carbonyl (C=O) groups excluding carboxylic acids is 1. The molecular formula is C21H17F4N3O3.